The molecule has 5 heteroatoms. The third kappa shape index (κ3) is 1.22. The van der Waals surface area contributed by atoms with Crippen LogP contribution in [-0.4, -0.2) is 62.2 Å². The average Bonchev–Trinajstić information content (AvgIpc) is 3.14. The second kappa shape index (κ2) is 4.20. The molecule has 4 fully saturated rings. The molecule has 27 heavy (non-hydrogen) atoms. The van der Waals surface area contributed by atoms with Gasteiger partial charge in [0, 0.05) is 42.3 Å². The van der Waals surface area contributed by atoms with E-state index in [1.54, 1.807) is 7.11 Å². The third-order valence-corrected chi connectivity index (χ3v) is 9.35. The molecule has 7 atom stereocenters. The monoisotopic (exact) mass is 366 g/mol. The van der Waals surface area contributed by atoms with E-state index in [0.717, 1.165) is 30.9 Å². The predicted octanol–water partition coefficient (Wildman–Crippen LogP) is 2.20. The van der Waals surface area contributed by atoms with E-state index < -0.39 is 0 Å². The van der Waals surface area contributed by atoms with Crippen molar-refractivity contribution >= 4 is 5.71 Å². The standard InChI is InChI=1S/C22H26N2O3/c1-11-13-8-20-9-15(23-11)22(13,26-4)19-21(20)10-24(2)16(20)7-12-5-6-14(25-3)18(27-19)17(12)21/h5-6,13,15-16,19H,7-10H2,1-4H3/t13-,15?,16-,19-,20+,21+,22+/m1/s1. The second-order valence-corrected chi connectivity index (χ2v) is 9.70. The summed E-state index contributed by atoms with van der Waals surface area (Å²) in [5.74, 6) is 2.23. The highest BCUT2D eigenvalue weighted by Gasteiger charge is 2.85. The third-order valence-electron chi connectivity index (χ3n) is 9.35. The van der Waals surface area contributed by atoms with Crippen molar-refractivity contribution in [3.05, 3.63) is 23.3 Å². The van der Waals surface area contributed by atoms with Crippen molar-refractivity contribution in [3.63, 3.8) is 0 Å². The van der Waals surface area contributed by atoms with Crippen molar-refractivity contribution in [2.24, 2.45) is 16.3 Å². The number of likely N-dealkylation sites (tertiary alicyclic amines) is 1. The Morgan fingerprint density at radius 1 is 1.26 bits per heavy atom. The molecular formula is C22H26N2O3. The zero-order valence-electron chi connectivity index (χ0n) is 16.4. The van der Waals surface area contributed by atoms with Crippen LogP contribution in [0.3, 0.4) is 0 Å². The van der Waals surface area contributed by atoms with Gasteiger partial charge in [0.15, 0.2) is 11.5 Å². The van der Waals surface area contributed by atoms with Crippen molar-refractivity contribution in [2.75, 3.05) is 27.8 Å². The van der Waals surface area contributed by atoms with Crippen LogP contribution in [0.2, 0.25) is 0 Å². The maximum Gasteiger partial charge on any atom is 0.166 e. The average molecular weight is 366 g/mol. The lowest BCUT2D eigenvalue weighted by Crippen LogP contribution is -2.78. The van der Waals surface area contributed by atoms with E-state index in [0.29, 0.717) is 12.0 Å². The van der Waals surface area contributed by atoms with E-state index in [1.807, 2.05) is 7.11 Å². The molecule has 3 aliphatic heterocycles. The minimum atomic E-state index is -0.333. The van der Waals surface area contributed by atoms with Crippen LogP contribution in [0.5, 0.6) is 11.5 Å². The van der Waals surface area contributed by atoms with Gasteiger partial charge in [-0.25, -0.2) is 0 Å². The van der Waals surface area contributed by atoms with Crippen molar-refractivity contribution in [1.29, 1.82) is 0 Å². The molecule has 4 aliphatic carbocycles. The molecule has 7 aliphatic rings. The maximum absolute atomic E-state index is 6.90. The summed E-state index contributed by atoms with van der Waals surface area (Å²) in [6.07, 6.45) is 3.43. The molecule has 1 unspecified atom stereocenters. The van der Waals surface area contributed by atoms with Crippen LogP contribution in [0.25, 0.3) is 0 Å². The van der Waals surface area contributed by atoms with Crippen molar-refractivity contribution in [3.8, 4) is 11.5 Å². The minimum Gasteiger partial charge on any atom is -0.493 e. The fourth-order valence-electron chi connectivity index (χ4n) is 8.66. The van der Waals surface area contributed by atoms with E-state index in [1.165, 1.54) is 23.3 Å². The van der Waals surface area contributed by atoms with E-state index in [-0.39, 0.29) is 28.6 Å². The van der Waals surface area contributed by atoms with Gasteiger partial charge in [0.05, 0.1) is 18.6 Å². The van der Waals surface area contributed by atoms with Crippen LogP contribution < -0.4 is 9.47 Å². The largest absolute Gasteiger partial charge is 0.493 e. The molecule has 142 valence electrons. The molecular weight excluding hydrogens is 340 g/mol. The Morgan fingerprint density at radius 3 is 2.85 bits per heavy atom. The fraction of sp³-hybridized carbons (Fsp3) is 0.682. The number of hydrogen-bond donors (Lipinski definition) is 0. The highest BCUT2D eigenvalue weighted by molar-refractivity contribution is 5.90. The van der Waals surface area contributed by atoms with Gasteiger partial charge in [-0.1, -0.05) is 6.07 Å². The lowest BCUT2D eigenvalue weighted by molar-refractivity contribution is -0.228. The zero-order valence-corrected chi connectivity index (χ0v) is 16.4. The Hall–Kier alpha value is -1.59. The van der Waals surface area contributed by atoms with Gasteiger partial charge in [-0.15, -0.1) is 0 Å². The molecule has 1 saturated heterocycles. The Balaban J connectivity index is 1.59. The van der Waals surface area contributed by atoms with Crippen molar-refractivity contribution < 1.29 is 14.2 Å². The number of ether oxygens (including phenoxy) is 3. The molecule has 3 saturated carbocycles. The summed E-state index contributed by atoms with van der Waals surface area (Å²) < 4.78 is 19.1. The smallest absolute Gasteiger partial charge is 0.166 e. The summed E-state index contributed by atoms with van der Waals surface area (Å²) in [6.45, 7) is 3.26. The molecule has 1 aromatic carbocycles. The van der Waals surface area contributed by atoms with Gasteiger partial charge in [-0.3, -0.25) is 4.99 Å². The Morgan fingerprint density at radius 2 is 2.11 bits per heavy atom. The summed E-state index contributed by atoms with van der Waals surface area (Å²) in [7, 11) is 5.95. The highest BCUT2D eigenvalue weighted by atomic mass is 16.6. The van der Waals surface area contributed by atoms with Crippen LogP contribution in [0.15, 0.2) is 17.1 Å². The second-order valence-electron chi connectivity index (χ2n) is 9.70. The zero-order chi connectivity index (χ0) is 18.3. The van der Waals surface area contributed by atoms with E-state index in [4.69, 9.17) is 19.2 Å². The maximum atomic E-state index is 6.90. The van der Waals surface area contributed by atoms with Gasteiger partial charge >= 0.3 is 0 Å². The molecule has 0 N–H and O–H groups in total. The first-order valence-corrected chi connectivity index (χ1v) is 10.2. The summed E-state index contributed by atoms with van der Waals surface area (Å²) in [5.41, 5.74) is 4.07. The number of hydrogen-bond acceptors (Lipinski definition) is 5. The van der Waals surface area contributed by atoms with E-state index >= 15 is 0 Å². The quantitative estimate of drug-likeness (QED) is 0.805. The van der Waals surface area contributed by atoms with Crippen LogP contribution in [0, 0.1) is 11.3 Å². The van der Waals surface area contributed by atoms with Crippen LogP contribution >= 0.6 is 0 Å². The van der Waals surface area contributed by atoms with E-state index in [9.17, 15) is 0 Å². The lowest BCUT2D eigenvalue weighted by atomic mass is 9.37. The number of benzene rings is 1. The van der Waals surface area contributed by atoms with Crippen molar-refractivity contribution in [1.82, 2.24) is 4.90 Å². The Bertz CT molecular complexity index is 944. The van der Waals surface area contributed by atoms with E-state index in [2.05, 4.69) is 31.0 Å². The number of methoxy groups -OCH3 is 2. The van der Waals surface area contributed by atoms with Crippen molar-refractivity contribution in [2.45, 2.75) is 55.4 Å². The summed E-state index contributed by atoms with van der Waals surface area (Å²) >= 11 is 0. The molecule has 0 amide bonds. The summed E-state index contributed by atoms with van der Waals surface area (Å²) in [5, 5.41) is 0. The predicted molar refractivity (Wildman–Crippen MR) is 101 cm³/mol. The van der Waals surface area contributed by atoms with Gasteiger partial charge in [0.2, 0.25) is 0 Å². The number of rotatable bonds is 2. The first kappa shape index (κ1) is 15.3. The topological polar surface area (TPSA) is 43.3 Å². The number of nitrogens with zero attached hydrogens (tertiary/aromatic N) is 2. The first-order valence-electron chi connectivity index (χ1n) is 10.2. The minimum absolute atomic E-state index is 0.00697. The lowest BCUT2D eigenvalue weighted by Gasteiger charge is -2.66. The van der Waals surface area contributed by atoms with Gasteiger partial charge in [0.25, 0.3) is 0 Å². The molecule has 5 nitrogen and oxygen atoms in total. The molecule has 1 aromatic rings. The Kier molecular flexibility index (Phi) is 2.39. The number of likely N-dealkylation sites (N-methyl/N-ethyl adjacent to an activating group) is 1. The molecule has 3 heterocycles. The first-order chi connectivity index (χ1) is 13.0. The van der Waals surface area contributed by atoms with Crippen LogP contribution in [-0.2, 0) is 16.6 Å². The molecule has 6 bridgehead atoms. The van der Waals surface area contributed by atoms with Gasteiger partial charge < -0.3 is 19.1 Å². The number of aliphatic imine (C=N–C) groups is 1. The van der Waals surface area contributed by atoms with Crippen LogP contribution in [0.4, 0.5) is 0 Å². The summed E-state index contributed by atoms with van der Waals surface area (Å²) in [6, 6.07) is 5.16. The van der Waals surface area contributed by atoms with Gasteiger partial charge in [0.1, 0.15) is 11.7 Å². The molecule has 8 rings (SSSR count). The fourth-order valence-corrected chi connectivity index (χ4v) is 8.66. The molecule has 2 spiro atoms. The van der Waals surface area contributed by atoms with Gasteiger partial charge in [-0.2, -0.15) is 0 Å². The van der Waals surface area contributed by atoms with Crippen LogP contribution in [0.1, 0.15) is 30.9 Å². The van der Waals surface area contributed by atoms with Gasteiger partial charge in [-0.05, 0) is 44.9 Å². The molecule has 0 aromatic heterocycles. The SMILES string of the molecule is COc1ccc2c3c1O[C@H]1[C@@]4(OC)C5C[C@@]6(C[C@@H]4C(C)=N5)[C@@H](C2)N(C)C[C@]316. The summed E-state index contributed by atoms with van der Waals surface area (Å²) in [4.78, 5) is 7.75. The normalized spacial score (nSPS) is 49.9. The molecule has 0 radical (unpaired) electrons. The highest BCUT2D eigenvalue weighted by Crippen LogP contribution is 2.78. The Labute approximate surface area is 159 Å².